The van der Waals surface area contributed by atoms with Crippen molar-refractivity contribution < 1.29 is 0 Å². The van der Waals surface area contributed by atoms with Gasteiger partial charge in [-0.3, -0.25) is 0 Å². The van der Waals surface area contributed by atoms with Gasteiger partial charge in [0.05, 0.1) is 0 Å². The molecule has 1 aliphatic rings. The monoisotopic (exact) mass is 500 g/mol. The molecule has 5 aromatic carbocycles. The molecular weight excluding hydrogens is 472 g/mol. The largest absolute Gasteiger partial charge is 0.344 e. The van der Waals surface area contributed by atoms with Crippen molar-refractivity contribution in [3.63, 3.8) is 0 Å². The second-order valence-electron chi connectivity index (χ2n) is 9.43. The molecular formula is C37H28N2. The summed E-state index contributed by atoms with van der Waals surface area (Å²) in [5.41, 5.74) is 16.3. The lowest BCUT2D eigenvalue weighted by atomic mass is 10.0. The highest BCUT2D eigenvalue weighted by molar-refractivity contribution is 5.81. The van der Waals surface area contributed by atoms with Crippen molar-refractivity contribution in [2.75, 3.05) is 16.8 Å². The minimum atomic E-state index is 1.09. The smallest absolute Gasteiger partial charge is 0.0499 e. The van der Waals surface area contributed by atoms with E-state index >= 15 is 0 Å². The Bertz CT molecular complexity index is 1700. The highest BCUT2D eigenvalue weighted by Gasteiger charge is 2.14. The molecule has 0 N–H and O–H groups in total. The molecule has 0 atom stereocenters. The van der Waals surface area contributed by atoms with Crippen molar-refractivity contribution in [1.29, 1.82) is 0 Å². The normalized spacial score (nSPS) is 11.8. The Morgan fingerprint density at radius 1 is 0.462 bits per heavy atom. The molecule has 0 saturated heterocycles. The van der Waals surface area contributed by atoms with Gasteiger partial charge in [0.15, 0.2) is 0 Å². The minimum absolute atomic E-state index is 1.09. The molecule has 0 spiro atoms. The van der Waals surface area contributed by atoms with Crippen LogP contribution in [-0.4, -0.2) is 7.05 Å². The van der Waals surface area contributed by atoms with Crippen molar-refractivity contribution >= 4 is 22.7 Å². The van der Waals surface area contributed by atoms with E-state index in [9.17, 15) is 0 Å². The maximum atomic E-state index is 3.03. The van der Waals surface area contributed by atoms with Crippen LogP contribution >= 0.6 is 0 Å². The Morgan fingerprint density at radius 2 is 1.00 bits per heavy atom. The molecule has 5 aromatic rings. The number of benzene rings is 5. The Morgan fingerprint density at radius 3 is 1.64 bits per heavy atom. The van der Waals surface area contributed by atoms with E-state index in [4.69, 9.17) is 0 Å². The van der Waals surface area contributed by atoms with E-state index in [1.165, 1.54) is 22.3 Å². The zero-order chi connectivity index (χ0) is 26.4. The predicted molar refractivity (Wildman–Crippen MR) is 165 cm³/mol. The number of nitrogens with zero attached hydrogens (tertiary/aromatic N) is 2. The number of likely N-dealkylation sites (N-methyl/N-ethyl adjacent to an activating group) is 1. The second kappa shape index (κ2) is 11.0. The van der Waals surface area contributed by atoms with Gasteiger partial charge in [-0.15, -0.1) is 0 Å². The number of rotatable bonds is 7. The number of hydrogen-bond donors (Lipinski definition) is 0. The third-order valence-electron chi connectivity index (χ3n) is 6.97. The summed E-state index contributed by atoms with van der Waals surface area (Å²) in [5, 5.41) is 0. The first-order valence-corrected chi connectivity index (χ1v) is 13.1. The standard InChI is InChI=1S/C37H28N2/c1-38(33-15-7-3-8-16-33)34-24-20-30(21-25-34)31-22-26-36(27-23-31)39(35-17-9-4-10-18-35)37-19-11-14-32(28-37)29-12-5-2-6-13-29/h2,4-7,9-28H,1H3. The van der Waals surface area contributed by atoms with Crippen molar-refractivity contribution in [1.82, 2.24) is 0 Å². The van der Waals surface area contributed by atoms with E-state index in [0.29, 0.717) is 0 Å². The predicted octanol–water partition coefficient (Wildman–Crippen LogP) is 9.69. The lowest BCUT2D eigenvalue weighted by Crippen LogP contribution is -2.14. The van der Waals surface area contributed by atoms with Crippen molar-refractivity contribution in [2.45, 2.75) is 0 Å². The molecule has 0 aromatic heterocycles. The number of para-hydroxylation sites is 1. The van der Waals surface area contributed by atoms with E-state index in [2.05, 4.69) is 162 Å². The first-order chi connectivity index (χ1) is 19.3. The highest BCUT2D eigenvalue weighted by Crippen LogP contribution is 2.37. The van der Waals surface area contributed by atoms with Gasteiger partial charge >= 0.3 is 0 Å². The molecule has 0 fully saturated rings. The first-order valence-electron chi connectivity index (χ1n) is 13.1. The van der Waals surface area contributed by atoms with Crippen LogP contribution < -0.4 is 9.80 Å². The van der Waals surface area contributed by atoms with E-state index in [1.54, 1.807) is 0 Å². The molecule has 0 radical (unpaired) electrons. The van der Waals surface area contributed by atoms with Crippen LogP contribution in [0.5, 0.6) is 0 Å². The minimum Gasteiger partial charge on any atom is -0.344 e. The lowest BCUT2D eigenvalue weighted by molar-refractivity contribution is 1.14. The van der Waals surface area contributed by atoms with Gasteiger partial charge < -0.3 is 9.80 Å². The van der Waals surface area contributed by atoms with Crippen LogP contribution in [0, 0.1) is 0 Å². The van der Waals surface area contributed by atoms with Crippen molar-refractivity contribution in [3.05, 3.63) is 169 Å². The summed E-state index contributed by atoms with van der Waals surface area (Å²) >= 11 is 0. The van der Waals surface area contributed by atoms with Gasteiger partial charge in [0, 0.05) is 41.6 Å². The molecule has 0 amide bonds. The maximum Gasteiger partial charge on any atom is 0.0499 e. The van der Waals surface area contributed by atoms with Crippen LogP contribution in [0.15, 0.2) is 169 Å². The molecule has 0 saturated carbocycles. The number of anilines is 4. The topological polar surface area (TPSA) is 6.48 Å². The zero-order valence-corrected chi connectivity index (χ0v) is 21.8. The third-order valence-corrected chi connectivity index (χ3v) is 6.97. The van der Waals surface area contributed by atoms with E-state index in [1.807, 2.05) is 18.2 Å². The average Bonchev–Trinajstić information content (AvgIpc) is 3.03. The van der Waals surface area contributed by atoms with Gasteiger partial charge in [0.1, 0.15) is 0 Å². The van der Waals surface area contributed by atoms with Gasteiger partial charge in [-0.2, -0.15) is 0 Å². The highest BCUT2D eigenvalue weighted by atomic mass is 15.1. The number of hydrogen-bond acceptors (Lipinski definition) is 2. The lowest BCUT2D eigenvalue weighted by Gasteiger charge is -2.26. The van der Waals surface area contributed by atoms with Crippen LogP contribution in [-0.2, 0) is 0 Å². The van der Waals surface area contributed by atoms with Crippen LogP contribution in [0.25, 0.3) is 22.3 Å². The first kappa shape index (κ1) is 24.1. The fourth-order valence-corrected chi connectivity index (χ4v) is 4.86. The zero-order valence-electron chi connectivity index (χ0n) is 21.8. The summed E-state index contributed by atoms with van der Waals surface area (Å²) in [5.74, 6) is 0. The Labute approximate surface area is 230 Å². The molecule has 39 heavy (non-hydrogen) atoms. The fourth-order valence-electron chi connectivity index (χ4n) is 4.86. The van der Waals surface area contributed by atoms with Crippen molar-refractivity contribution in [3.8, 4) is 22.3 Å². The maximum absolute atomic E-state index is 3.03. The fraction of sp³-hybridized carbons (Fsp3) is 0.0270. The van der Waals surface area contributed by atoms with Crippen LogP contribution in [0.4, 0.5) is 22.7 Å². The average molecular weight is 501 g/mol. The molecule has 2 nitrogen and oxygen atoms in total. The summed E-state index contributed by atoms with van der Waals surface area (Å²) in [6, 6.07) is 47.3. The molecule has 0 unspecified atom stereocenters. The van der Waals surface area contributed by atoms with E-state index in [-0.39, 0.29) is 0 Å². The van der Waals surface area contributed by atoms with Gasteiger partial charge in [0.2, 0.25) is 0 Å². The SMILES string of the molecule is CN(C1=CC=C=C=C1)c1ccc(-c2ccc(N(c3ccccc3)c3cccc(-c4ccccc4)c3)cc2)cc1. The molecule has 0 aliphatic heterocycles. The Balaban J connectivity index is 1.30. The summed E-state index contributed by atoms with van der Waals surface area (Å²) in [6.45, 7) is 0. The third kappa shape index (κ3) is 5.25. The van der Waals surface area contributed by atoms with Crippen molar-refractivity contribution in [2.24, 2.45) is 0 Å². The Kier molecular flexibility index (Phi) is 6.80. The van der Waals surface area contributed by atoms with E-state index < -0.39 is 0 Å². The molecule has 1 aliphatic carbocycles. The van der Waals surface area contributed by atoms with Gasteiger partial charge in [0.25, 0.3) is 0 Å². The van der Waals surface area contributed by atoms with Gasteiger partial charge in [-0.1, -0.05) is 96.4 Å². The molecule has 0 bridgehead atoms. The number of allylic oxidation sites excluding steroid dienone is 3. The summed E-state index contributed by atoms with van der Waals surface area (Å²) in [4.78, 5) is 4.46. The summed E-state index contributed by atoms with van der Waals surface area (Å²) in [7, 11) is 2.07. The summed E-state index contributed by atoms with van der Waals surface area (Å²) in [6.07, 6.45) is 5.87. The second-order valence-corrected chi connectivity index (χ2v) is 9.43. The van der Waals surface area contributed by atoms with Crippen LogP contribution in [0.2, 0.25) is 0 Å². The van der Waals surface area contributed by atoms with Gasteiger partial charge in [-0.25, -0.2) is 0 Å². The summed E-state index contributed by atoms with van der Waals surface area (Å²) < 4.78 is 0. The molecule has 0 heterocycles. The van der Waals surface area contributed by atoms with Gasteiger partial charge in [-0.05, 0) is 82.9 Å². The quantitative estimate of drug-likeness (QED) is 0.205. The van der Waals surface area contributed by atoms with Crippen LogP contribution in [0.3, 0.4) is 0 Å². The molecule has 6 rings (SSSR count). The van der Waals surface area contributed by atoms with Crippen LogP contribution in [0.1, 0.15) is 0 Å². The Hall–Kier alpha value is -5.26. The van der Waals surface area contributed by atoms with E-state index in [0.717, 1.165) is 28.4 Å². The molecule has 186 valence electrons. The molecule has 2 heteroatoms.